The first kappa shape index (κ1) is 20.2. The predicted molar refractivity (Wildman–Crippen MR) is 125 cm³/mol. The third-order valence-corrected chi connectivity index (χ3v) is 6.38. The van der Waals surface area contributed by atoms with Crippen molar-refractivity contribution in [1.82, 2.24) is 4.98 Å². The summed E-state index contributed by atoms with van der Waals surface area (Å²) in [6.07, 6.45) is 4.58. The summed E-state index contributed by atoms with van der Waals surface area (Å²) in [7, 11) is 0. The maximum atomic E-state index is 13.7. The molecule has 2 aromatic carbocycles. The van der Waals surface area contributed by atoms with Gasteiger partial charge < -0.3 is 5.32 Å². The Bertz CT molecular complexity index is 1220. The number of amides is 1. The molecule has 1 amide bonds. The van der Waals surface area contributed by atoms with Crippen molar-refractivity contribution in [3.8, 4) is 0 Å². The second-order valence-corrected chi connectivity index (χ2v) is 8.55. The van der Waals surface area contributed by atoms with E-state index in [9.17, 15) is 9.59 Å². The summed E-state index contributed by atoms with van der Waals surface area (Å²) in [5, 5.41) is 3.53. The van der Waals surface area contributed by atoms with Crippen molar-refractivity contribution in [2.24, 2.45) is 0 Å². The fraction of sp³-hybridized carbons (Fsp3) is 0.222. The van der Waals surface area contributed by atoms with Gasteiger partial charge >= 0.3 is 0 Å². The highest BCUT2D eigenvalue weighted by Crippen LogP contribution is 2.47. The molecular formula is C27H25N3O2. The van der Waals surface area contributed by atoms with Crippen molar-refractivity contribution in [3.05, 3.63) is 101 Å². The molecule has 0 bridgehead atoms. The standard InChI is InChI=1S/C27H25N3O2/c1-17-9-11-19(12-10-17)21-14-23-26(25(32)15-21)27(20-6-5-13-28-16-20)30(18(2)31)24-8-4-3-7-22(24)29-23/h3-13,16,21,27,29H,14-15H2,1-2H3/t21-,27+/m1/s1. The van der Waals surface area contributed by atoms with Gasteiger partial charge in [-0.15, -0.1) is 0 Å². The number of carbonyl (C=O) groups is 2. The number of nitrogens with zero attached hydrogens (tertiary/aromatic N) is 2. The van der Waals surface area contributed by atoms with E-state index in [1.54, 1.807) is 24.2 Å². The number of allylic oxidation sites excluding steroid dienone is 1. The molecule has 5 rings (SSSR count). The van der Waals surface area contributed by atoms with Gasteiger partial charge in [-0.05, 0) is 48.6 Å². The number of nitrogens with one attached hydrogen (secondary N) is 1. The molecule has 5 heteroatoms. The second kappa shape index (κ2) is 8.08. The molecule has 0 saturated heterocycles. The van der Waals surface area contributed by atoms with Crippen LogP contribution in [-0.2, 0) is 9.59 Å². The number of aromatic nitrogens is 1. The van der Waals surface area contributed by atoms with Crippen LogP contribution >= 0.6 is 0 Å². The van der Waals surface area contributed by atoms with E-state index in [4.69, 9.17) is 0 Å². The van der Waals surface area contributed by atoms with Gasteiger partial charge in [0.1, 0.15) is 0 Å². The zero-order chi connectivity index (χ0) is 22.2. The summed E-state index contributed by atoms with van der Waals surface area (Å²) in [5.74, 6) is 0.0486. The summed E-state index contributed by atoms with van der Waals surface area (Å²) in [4.78, 5) is 32.6. The second-order valence-electron chi connectivity index (χ2n) is 8.55. The summed E-state index contributed by atoms with van der Waals surface area (Å²) in [6, 6.07) is 19.4. The molecule has 1 aliphatic heterocycles. The maximum absolute atomic E-state index is 13.7. The molecule has 1 aromatic heterocycles. The number of anilines is 2. The normalized spacial score (nSPS) is 20.2. The van der Waals surface area contributed by atoms with Gasteiger partial charge in [0.05, 0.1) is 17.4 Å². The van der Waals surface area contributed by atoms with E-state index in [0.29, 0.717) is 18.4 Å². The highest BCUT2D eigenvalue weighted by molar-refractivity contribution is 6.05. The summed E-state index contributed by atoms with van der Waals surface area (Å²) < 4.78 is 0. The Hall–Kier alpha value is -3.73. The lowest BCUT2D eigenvalue weighted by molar-refractivity contribution is -0.117. The largest absolute Gasteiger partial charge is 0.357 e. The van der Waals surface area contributed by atoms with Gasteiger partial charge in [0.25, 0.3) is 0 Å². The molecule has 3 aromatic rings. The van der Waals surface area contributed by atoms with Crippen molar-refractivity contribution in [1.29, 1.82) is 0 Å². The number of ketones is 1. The number of aryl methyl sites for hydroxylation is 1. The fourth-order valence-electron chi connectivity index (χ4n) is 4.87. The molecule has 2 aliphatic rings. The van der Waals surface area contributed by atoms with Crippen molar-refractivity contribution in [3.63, 3.8) is 0 Å². The van der Waals surface area contributed by atoms with Crippen molar-refractivity contribution < 1.29 is 9.59 Å². The first-order valence-electron chi connectivity index (χ1n) is 10.9. The number of pyridine rings is 1. The lowest BCUT2D eigenvalue weighted by atomic mass is 9.78. The molecule has 0 fully saturated rings. The van der Waals surface area contributed by atoms with E-state index in [1.165, 1.54) is 5.56 Å². The molecule has 0 spiro atoms. The van der Waals surface area contributed by atoms with Crippen LogP contribution in [0.2, 0.25) is 0 Å². The fourth-order valence-corrected chi connectivity index (χ4v) is 4.87. The molecule has 5 nitrogen and oxygen atoms in total. The lowest BCUT2D eigenvalue weighted by Crippen LogP contribution is -2.37. The van der Waals surface area contributed by atoms with E-state index >= 15 is 0 Å². The van der Waals surface area contributed by atoms with Crippen LogP contribution in [0.1, 0.15) is 48.4 Å². The van der Waals surface area contributed by atoms with E-state index in [1.807, 2.05) is 36.4 Å². The van der Waals surface area contributed by atoms with Crippen molar-refractivity contribution in [2.45, 2.75) is 38.6 Å². The van der Waals surface area contributed by atoms with Gasteiger partial charge in [-0.1, -0.05) is 48.0 Å². The minimum absolute atomic E-state index is 0.0669. The zero-order valence-corrected chi connectivity index (χ0v) is 18.2. The number of benzene rings is 2. The molecule has 2 heterocycles. The van der Waals surface area contributed by atoms with E-state index in [2.05, 4.69) is 41.5 Å². The number of fused-ring (bicyclic) bond motifs is 1. The van der Waals surface area contributed by atoms with Gasteiger partial charge in [-0.2, -0.15) is 0 Å². The van der Waals surface area contributed by atoms with Gasteiger partial charge in [0, 0.05) is 37.0 Å². The first-order chi connectivity index (χ1) is 15.5. The molecule has 0 radical (unpaired) electrons. The van der Waals surface area contributed by atoms with E-state index < -0.39 is 6.04 Å². The van der Waals surface area contributed by atoms with Crippen LogP contribution in [0.4, 0.5) is 11.4 Å². The number of hydrogen-bond acceptors (Lipinski definition) is 4. The average Bonchev–Trinajstić information content (AvgIpc) is 2.94. The monoisotopic (exact) mass is 423 g/mol. The number of para-hydroxylation sites is 2. The number of carbonyl (C=O) groups excluding carboxylic acids is 2. The van der Waals surface area contributed by atoms with Crippen LogP contribution in [0.5, 0.6) is 0 Å². The average molecular weight is 424 g/mol. The Balaban J connectivity index is 1.68. The van der Waals surface area contributed by atoms with Gasteiger partial charge in [-0.3, -0.25) is 19.5 Å². The Morgan fingerprint density at radius 1 is 1.00 bits per heavy atom. The topological polar surface area (TPSA) is 62.3 Å². The first-order valence-corrected chi connectivity index (χ1v) is 10.9. The van der Waals surface area contributed by atoms with E-state index in [-0.39, 0.29) is 17.6 Å². The number of Topliss-reactive ketones (excluding diaryl/α,β-unsaturated/α-hetero) is 1. The molecule has 0 unspecified atom stereocenters. The molecule has 0 saturated carbocycles. The van der Waals surface area contributed by atoms with Crippen LogP contribution in [0.3, 0.4) is 0 Å². The maximum Gasteiger partial charge on any atom is 0.224 e. The van der Waals surface area contributed by atoms with E-state index in [0.717, 1.165) is 28.2 Å². The summed E-state index contributed by atoms with van der Waals surface area (Å²) in [5.41, 5.74) is 6.34. The highest BCUT2D eigenvalue weighted by atomic mass is 16.2. The number of hydrogen-bond donors (Lipinski definition) is 1. The summed E-state index contributed by atoms with van der Waals surface area (Å²) >= 11 is 0. The third kappa shape index (κ3) is 3.50. The van der Waals surface area contributed by atoms with Gasteiger partial charge in [0.2, 0.25) is 5.91 Å². The zero-order valence-electron chi connectivity index (χ0n) is 18.2. The van der Waals surface area contributed by atoms with Crippen molar-refractivity contribution >= 4 is 23.1 Å². The molecule has 1 N–H and O–H groups in total. The van der Waals surface area contributed by atoms with Gasteiger partial charge in [-0.25, -0.2) is 0 Å². The van der Waals surface area contributed by atoms with Crippen LogP contribution < -0.4 is 10.2 Å². The van der Waals surface area contributed by atoms with Crippen LogP contribution in [0.25, 0.3) is 0 Å². The third-order valence-electron chi connectivity index (χ3n) is 6.38. The minimum Gasteiger partial charge on any atom is -0.357 e. The molecule has 160 valence electrons. The molecular weight excluding hydrogens is 398 g/mol. The van der Waals surface area contributed by atoms with Crippen LogP contribution in [0, 0.1) is 6.92 Å². The predicted octanol–water partition coefficient (Wildman–Crippen LogP) is 5.31. The Labute approximate surface area is 187 Å². The highest BCUT2D eigenvalue weighted by Gasteiger charge is 2.40. The van der Waals surface area contributed by atoms with Crippen molar-refractivity contribution in [2.75, 3.05) is 10.2 Å². The van der Waals surface area contributed by atoms with Crippen LogP contribution in [0.15, 0.2) is 84.3 Å². The van der Waals surface area contributed by atoms with Gasteiger partial charge in [0.15, 0.2) is 5.78 Å². The summed E-state index contributed by atoms with van der Waals surface area (Å²) in [6.45, 7) is 3.61. The Kier molecular flexibility index (Phi) is 5.10. The van der Waals surface area contributed by atoms with Crippen LogP contribution in [-0.4, -0.2) is 16.7 Å². The molecule has 1 aliphatic carbocycles. The lowest BCUT2D eigenvalue weighted by Gasteiger charge is -2.34. The quantitative estimate of drug-likeness (QED) is 0.607. The minimum atomic E-state index is -0.515. The Morgan fingerprint density at radius 3 is 2.50 bits per heavy atom. The number of rotatable bonds is 2. The smallest absolute Gasteiger partial charge is 0.224 e. The molecule has 2 atom stereocenters. The SMILES string of the molecule is CC(=O)N1c2ccccc2NC2=C(C(=O)C[C@H](c3ccc(C)cc3)C2)[C@@H]1c1cccnc1. The molecule has 32 heavy (non-hydrogen) atoms. The Morgan fingerprint density at radius 2 is 1.78 bits per heavy atom.